The molecule has 4 rings (SSSR count). The minimum atomic E-state index is -3.30. The molecule has 3 aliphatic rings. The highest BCUT2D eigenvalue weighted by Gasteiger charge is 2.50. The van der Waals surface area contributed by atoms with Gasteiger partial charge in [0.25, 0.3) is 0 Å². The molecular formula is C15H20N2O2S. The molecule has 0 unspecified atom stereocenters. The van der Waals surface area contributed by atoms with Crippen LogP contribution >= 0.6 is 0 Å². The normalized spacial score (nSPS) is 34.3. The first-order valence-electron chi connectivity index (χ1n) is 7.47. The number of hydrogen-bond acceptors (Lipinski definition) is 3. The first-order chi connectivity index (χ1) is 9.66. The van der Waals surface area contributed by atoms with Gasteiger partial charge in [-0.3, -0.25) is 4.90 Å². The van der Waals surface area contributed by atoms with Crippen molar-refractivity contribution in [1.29, 1.82) is 0 Å². The van der Waals surface area contributed by atoms with E-state index in [9.17, 15) is 8.42 Å². The fourth-order valence-electron chi connectivity index (χ4n) is 4.26. The number of nitrogens with zero attached hydrogens (tertiary/aromatic N) is 2. The zero-order valence-corrected chi connectivity index (χ0v) is 12.3. The number of rotatable bonds is 2. The maximum Gasteiger partial charge on any atom is 0.243 e. The SMILES string of the molecule is O=S(=O)(c1ccccc1)N1C[C@@H]2C[C@H]3CCCN3[C@@H]2C1. The van der Waals surface area contributed by atoms with Crippen molar-refractivity contribution in [3.8, 4) is 0 Å². The predicted octanol–water partition coefficient (Wildman–Crippen LogP) is 1.54. The van der Waals surface area contributed by atoms with Crippen LogP contribution in [0.2, 0.25) is 0 Å². The summed E-state index contributed by atoms with van der Waals surface area (Å²) >= 11 is 0. The second kappa shape index (κ2) is 4.55. The molecule has 3 heterocycles. The van der Waals surface area contributed by atoms with E-state index in [0.717, 1.165) is 12.6 Å². The molecule has 4 nitrogen and oxygen atoms in total. The van der Waals surface area contributed by atoms with Crippen LogP contribution in [0.5, 0.6) is 0 Å². The largest absolute Gasteiger partial charge is 0.296 e. The Morgan fingerprint density at radius 2 is 1.90 bits per heavy atom. The van der Waals surface area contributed by atoms with Gasteiger partial charge < -0.3 is 0 Å². The summed E-state index contributed by atoms with van der Waals surface area (Å²) < 4.78 is 27.0. The Kier molecular flexibility index (Phi) is 2.91. The van der Waals surface area contributed by atoms with Crippen LogP contribution in [0.1, 0.15) is 19.3 Å². The van der Waals surface area contributed by atoms with E-state index in [1.165, 1.54) is 19.3 Å². The summed E-state index contributed by atoms with van der Waals surface area (Å²) in [7, 11) is -3.30. The Bertz CT molecular complexity index is 602. The van der Waals surface area contributed by atoms with Crippen LogP contribution in [0.3, 0.4) is 0 Å². The van der Waals surface area contributed by atoms with Gasteiger partial charge in [-0.15, -0.1) is 0 Å². The summed E-state index contributed by atoms with van der Waals surface area (Å²) in [6, 6.07) is 10.0. The van der Waals surface area contributed by atoms with Crippen molar-refractivity contribution in [1.82, 2.24) is 9.21 Å². The molecule has 0 N–H and O–H groups in total. The molecule has 108 valence electrons. The minimum Gasteiger partial charge on any atom is -0.296 e. The lowest BCUT2D eigenvalue weighted by atomic mass is 10.0. The van der Waals surface area contributed by atoms with Crippen LogP contribution < -0.4 is 0 Å². The Hall–Kier alpha value is -0.910. The summed E-state index contributed by atoms with van der Waals surface area (Å²) in [5.74, 6) is 0.541. The van der Waals surface area contributed by atoms with Crippen LogP contribution in [0, 0.1) is 5.92 Å². The molecule has 0 spiro atoms. The molecule has 3 saturated heterocycles. The quantitative estimate of drug-likeness (QED) is 0.830. The third-order valence-corrected chi connectivity index (χ3v) is 7.02. The van der Waals surface area contributed by atoms with Crippen molar-refractivity contribution in [2.75, 3.05) is 19.6 Å². The summed E-state index contributed by atoms with van der Waals surface area (Å²) in [6.45, 7) is 2.54. The molecule has 3 atom stereocenters. The first kappa shape index (κ1) is 12.8. The number of sulfonamides is 1. The van der Waals surface area contributed by atoms with Crippen LogP contribution in [0.25, 0.3) is 0 Å². The highest BCUT2D eigenvalue weighted by atomic mass is 32.2. The minimum absolute atomic E-state index is 0.429. The van der Waals surface area contributed by atoms with Crippen molar-refractivity contribution in [2.45, 2.75) is 36.2 Å². The maximum atomic E-state index is 12.7. The molecule has 5 heteroatoms. The average Bonchev–Trinajstić information content (AvgIpc) is 3.10. The Labute approximate surface area is 120 Å². The number of benzene rings is 1. The van der Waals surface area contributed by atoms with Crippen molar-refractivity contribution < 1.29 is 8.42 Å². The van der Waals surface area contributed by atoms with E-state index in [-0.39, 0.29) is 0 Å². The van der Waals surface area contributed by atoms with E-state index < -0.39 is 10.0 Å². The molecular weight excluding hydrogens is 272 g/mol. The van der Waals surface area contributed by atoms with Gasteiger partial charge in [-0.05, 0) is 43.9 Å². The van der Waals surface area contributed by atoms with Crippen LogP contribution in [0.4, 0.5) is 0 Å². The van der Waals surface area contributed by atoms with Crippen molar-refractivity contribution in [3.05, 3.63) is 30.3 Å². The van der Waals surface area contributed by atoms with E-state index in [4.69, 9.17) is 0 Å². The second-order valence-corrected chi connectivity index (χ2v) is 8.17. The smallest absolute Gasteiger partial charge is 0.243 e. The van der Waals surface area contributed by atoms with Crippen LogP contribution in [-0.4, -0.2) is 49.3 Å². The highest BCUT2D eigenvalue weighted by molar-refractivity contribution is 7.89. The van der Waals surface area contributed by atoms with E-state index in [0.29, 0.717) is 29.9 Å². The fourth-order valence-corrected chi connectivity index (χ4v) is 5.79. The van der Waals surface area contributed by atoms with Crippen LogP contribution in [-0.2, 0) is 10.0 Å². The van der Waals surface area contributed by atoms with Gasteiger partial charge >= 0.3 is 0 Å². The molecule has 1 aromatic carbocycles. The predicted molar refractivity (Wildman–Crippen MR) is 76.8 cm³/mol. The lowest BCUT2D eigenvalue weighted by Crippen LogP contribution is -2.38. The standard InChI is InChI=1S/C15H20N2O2S/c18-20(19,14-6-2-1-3-7-14)16-10-12-9-13-5-4-8-17(13)15(12)11-16/h1-3,6-7,12-13,15H,4-5,8-11H2/t12-,13+,15+/m0/s1. The summed E-state index contributed by atoms with van der Waals surface area (Å²) in [6.07, 6.45) is 3.77. The Morgan fingerprint density at radius 1 is 1.10 bits per heavy atom. The molecule has 0 amide bonds. The molecule has 0 aromatic heterocycles. The molecule has 20 heavy (non-hydrogen) atoms. The van der Waals surface area contributed by atoms with Gasteiger partial charge in [0.15, 0.2) is 0 Å². The van der Waals surface area contributed by atoms with Gasteiger partial charge in [-0.25, -0.2) is 8.42 Å². The van der Waals surface area contributed by atoms with E-state index in [1.807, 2.05) is 6.07 Å². The van der Waals surface area contributed by atoms with Crippen molar-refractivity contribution >= 4 is 10.0 Å². The average molecular weight is 292 g/mol. The van der Waals surface area contributed by atoms with E-state index in [2.05, 4.69) is 4.90 Å². The zero-order valence-electron chi connectivity index (χ0n) is 11.5. The first-order valence-corrected chi connectivity index (χ1v) is 8.91. The van der Waals surface area contributed by atoms with Gasteiger partial charge in [-0.1, -0.05) is 18.2 Å². The van der Waals surface area contributed by atoms with Gasteiger partial charge in [-0.2, -0.15) is 4.31 Å². The molecule has 0 saturated carbocycles. The topological polar surface area (TPSA) is 40.6 Å². The van der Waals surface area contributed by atoms with Gasteiger partial charge in [0.05, 0.1) is 4.90 Å². The van der Waals surface area contributed by atoms with Gasteiger partial charge in [0, 0.05) is 25.2 Å². The summed E-state index contributed by atoms with van der Waals surface area (Å²) in [5, 5.41) is 0. The lowest BCUT2D eigenvalue weighted by Gasteiger charge is -2.24. The Balaban J connectivity index is 1.58. The second-order valence-electron chi connectivity index (χ2n) is 6.23. The zero-order chi connectivity index (χ0) is 13.7. The van der Waals surface area contributed by atoms with Crippen LogP contribution in [0.15, 0.2) is 35.2 Å². The number of fused-ring (bicyclic) bond motifs is 3. The lowest BCUT2D eigenvalue weighted by molar-refractivity contribution is 0.237. The van der Waals surface area contributed by atoms with Gasteiger partial charge in [0.2, 0.25) is 10.0 Å². The fraction of sp³-hybridized carbons (Fsp3) is 0.600. The number of hydrogen-bond donors (Lipinski definition) is 0. The monoisotopic (exact) mass is 292 g/mol. The summed E-state index contributed by atoms with van der Waals surface area (Å²) in [4.78, 5) is 2.99. The van der Waals surface area contributed by atoms with E-state index >= 15 is 0 Å². The van der Waals surface area contributed by atoms with Crippen molar-refractivity contribution in [3.63, 3.8) is 0 Å². The highest BCUT2D eigenvalue weighted by Crippen LogP contribution is 2.41. The molecule has 3 aliphatic heterocycles. The molecule has 3 fully saturated rings. The molecule has 0 bridgehead atoms. The Morgan fingerprint density at radius 3 is 2.70 bits per heavy atom. The summed E-state index contributed by atoms with van der Waals surface area (Å²) in [5.41, 5.74) is 0. The molecule has 1 aromatic rings. The maximum absolute atomic E-state index is 12.7. The van der Waals surface area contributed by atoms with Gasteiger partial charge in [0.1, 0.15) is 0 Å². The third kappa shape index (κ3) is 1.84. The van der Waals surface area contributed by atoms with E-state index in [1.54, 1.807) is 28.6 Å². The van der Waals surface area contributed by atoms with Crippen molar-refractivity contribution in [2.24, 2.45) is 5.92 Å². The molecule has 0 aliphatic carbocycles. The molecule has 0 radical (unpaired) electrons. The third-order valence-electron chi connectivity index (χ3n) is 5.18.